The zero-order chi connectivity index (χ0) is 21.1. The number of carbonyl (C=O) groups excluding carboxylic acids is 3. The molecule has 4 aliphatic rings. The van der Waals surface area contributed by atoms with Crippen molar-refractivity contribution in [2.45, 2.75) is 51.9 Å². The van der Waals surface area contributed by atoms with Crippen LogP contribution in [-0.2, 0) is 20.8 Å². The van der Waals surface area contributed by atoms with Gasteiger partial charge in [-0.2, -0.15) is 0 Å². The van der Waals surface area contributed by atoms with Gasteiger partial charge in [-0.1, -0.05) is 19.1 Å². The Hall–Kier alpha value is -2.57. The number of benzene rings is 1. The van der Waals surface area contributed by atoms with Crippen molar-refractivity contribution in [1.29, 1.82) is 0 Å². The van der Waals surface area contributed by atoms with Gasteiger partial charge < -0.3 is 10.1 Å². The summed E-state index contributed by atoms with van der Waals surface area (Å²) in [4.78, 5) is 36.8. The first-order valence-corrected chi connectivity index (χ1v) is 11.0. The van der Waals surface area contributed by atoms with Gasteiger partial charge in [0.15, 0.2) is 6.61 Å². The van der Waals surface area contributed by atoms with E-state index in [2.05, 4.69) is 23.1 Å². The molecule has 7 heteroatoms. The van der Waals surface area contributed by atoms with E-state index < -0.39 is 11.8 Å². The molecule has 0 atom stereocenters. The second kappa shape index (κ2) is 8.66. The van der Waals surface area contributed by atoms with Crippen molar-refractivity contribution in [2.75, 3.05) is 13.2 Å². The number of ether oxygens (including phenoxy) is 1. The Bertz CT molecular complexity index is 770. The minimum absolute atomic E-state index is 0.00179. The van der Waals surface area contributed by atoms with Gasteiger partial charge in [0.05, 0.1) is 6.54 Å². The van der Waals surface area contributed by atoms with E-state index in [0.717, 1.165) is 25.7 Å². The van der Waals surface area contributed by atoms with Crippen molar-refractivity contribution in [3.63, 3.8) is 0 Å². The number of hydrogen-bond donors (Lipinski definition) is 3. The number of nitrogens with one attached hydrogen (secondary N) is 3. The lowest BCUT2D eigenvalue weighted by Crippen LogP contribution is -2.55. The van der Waals surface area contributed by atoms with Gasteiger partial charge in [0, 0.05) is 5.41 Å². The lowest BCUT2D eigenvalue weighted by molar-refractivity contribution is -0.147. The van der Waals surface area contributed by atoms with Crippen molar-refractivity contribution in [3.05, 3.63) is 29.8 Å². The Morgan fingerprint density at radius 2 is 1.50 bits per heavy atom. The second-order valence-corrected chi connectivity index (χ2v) is 9.26. The van der Waals surface area contributed by atoms with Crippen LogP contribution in [0, 0.1) is 23.2 Å². The number of aryl methyl sites for hydroxylation is 1. The largest absolute Gasteiger partial charge is 0.484 e. The van der Waals surface area contributed by atoms with Crippen LogP contribution >= 0.6 is 0 Å². The topological polar surface area (TPSA) is 96.5 Å². The lowest BCUT2D eigenvalue weighted by Gasteiger charge is -2.55. The standard InChI is InChI=1S/C23H31N3O4/c1-2-15-3-5-19(6-4-15)30-14-21(28)26-25-20(27)13-24-22(29)23-10-16-7-17(11-23)9-18(8-16)12-23/h3-6,16-18H,2,7-14H2,1H3,(H,24,29)(H,25,27)(H,26,28). The molecule has 0 aromatic heterocycles. The molecule has 0 saturated heterocycles. The molecule has 0 radical (unpaired) electrons. The number of carbonyl (C=O) groups is 3. The number of hydrazine groups is 1. The van der Waals surface area contributed by atoms with Crippen molar-refractivity contribution in [1.82, 2.24) is 16.2 Å². The zero-order valence-corrected chi connectivity index (χ0v) is 17.5. The third-order valence-electron chi connectivity index (χ3n) is 6.97. The van der Waals surface area contributed by atoms with Crippen LogP contribution in [0.5, 0.6) is 5.75 Å². The van der Waals surface area contributed by atoms with Crippen LogP contribution in [0.15, 0.2) is 24.3 Å². The van der Waals surface area contributed by atoms with Gasteiger partial charge in [-0.05, 0) is 80.4 Å². The summed E-state index contributed by atoms with van der Waals surface area (Å²) in [5.41, 5.74) is 5.56. The summed E-state index contributed by atoms with van der Waals surface area (Å²) in [6.07, 6.45) is 7.61. The van der Waals surface area contributed by atoms with Crippen LogP contribution in [0.2, 0.25) is 0 Å². The van der Waals surface area contributed by atoms with E-state index in [1.807, 2.05) is 24.3 Å². The average Bonchev–Trinajstić information content (AvgIpc) is 2.74. The molecule has 4 saturated carbocycles. The third-order valence-corrected chi connectivity index (χ3v) is 6.97. The third kappa shape index (κ3) is 4.60. The highest BCUT2D eigenvalue weighted by molar-refractivity contribution is 5.89. The van der Waals surface area contributed by atoms with Crippen LogP contribution in [0.3, 0.4) is 0 Å². The quantitative estimate of drug-likeness (QED) is 0.597. The van der Waals surface area contributed by atoms with Crippen molar-refractivity contribution >= 4 is 17.7 Å². The molecule has 4 bridgehead atoms. The Morgan fingerprint density at radius 1 is 0.933 bits per heavy atom. The van der Waals surface area contributed by atoms with E-state index in [0.29, 0.717) is 23.5 Å². The monoisotopic (exact) mass is 413 g/mol. The molecular weight excluding hydrogens is 382 g/mol. The summed E-state index contributed by atoms with van der Waals surface area (Å²) < 4.78 is 5.40. The molecule has 4 fully saturated rings. The summed E-state index contributed by atoms with van der Waals surface area (Å²) in [6.45, 7) is 1.73. The van der Waals surface area contributed by atoms with E-state index in [-0.39, 0.29) is 24.5 Å². The first-order chi connectivity index (χ1) is 14.5. The minimum atomic E-state index is -0.463. The Labute approximate surface area is 177 Å². The molecule has 7 nitrogen and oxygen atoms in total. The van der Waals surface area contributed by atoms with Crippen LogP contribution in [0.1, 0.15) is 51.0 Å². The van der Waals surface area contributed by atoms with Crippen LogP contribution in [0.25, 0.3) is 0 Å². The summed E-state index contributed by atoms with van der Waals surface area (Å²) in [6, 6.07) is 7.51. The highest BCUT2D eigenvalue weighted by Gasteiger charge is 2.54. The first kappa shape index (κ1) is 20.7. The fraction of sp³-hybridized carbons (Fsp3) is 0.609. The predicted octanol–water partition coefficient (Wildman–Crippen LogP) is 2.11. The van der Waals surface area contributed by atoms with Gasteiger partial charge in [0.2, 0.25) is 5.91 Å². The van der Waals surface area contributed by atoms with E-state index in [9.17, 15) is 14.4 Å². The highest BCUT2D eigenvalue weighted by atomic mass is 16.5. The van der Waals surface area contributed by atoms with E-state index in [1.54, 1.807) is 0 Å². The van der Waals surface area contributed by atoms with E-state index in [4.69, 9.17) is 4.74 Å². The molecule has 3 N–H and O–H groups in total. The van der Waals surface area contributed by atoms with Crippen LogP contribution < -0.4 is 20.9 Å². The molecule has 4 aliphatic carbocycles. The molecule has 1 aromatic carbocycles. The maximum Gasteiger partial charge on any atom is 0.276 e. The number of amides is 3. The first-order valence-electron chi connectivity index (χ1n) is 11.0. The Kier molecular flexibility index (Phi) is 5.97. The minimum Gasteiger partial charge on any atom is -0.484 e. The van der Waals surface area contributed by atoms with Crippen molar-refractivity contribution < 1.29 is 19.1 Å². The molecular formula is C23H31N3O4. The second-order valence-electron chi connectivity index (χ2n) is 9.26. The predicted molar refractivity (Wildman–Crippen MR) is 111 cm³/mol. The molecule has 1 aromatic rings. The number of hydrogen-bond acceptors (Lipinski definition) is 4. The highest BCUT2D eigenvalue weighted by Crippen LogP contribution is 2.60. The fourth-order valence-corrected chi connectivity index (χ4v) is 5.93. The zero-order valence-electron chi connectivity index (χ0n) is 17.5. The Balaban J connectivity index is 1.16. The normalized spacial score (nSPS) is 28.6. The van der Waals surface area contributed by atoms with E-state index >= 15 is 0 Å². The van der Waals surface area contributed by atoms with Gasteiger partial charge in [-0.3, -0.25) is 25.2 Å². The maximum absolute atomic E-state index is 12.8. The average molecular weight is 414 g/mol. The molecule has 3 amide bonds. The van der Waals surface area contributed by atoms with Gasteiger partial charge in [-0.15, -0.1) is 0 Å². The number of rotatable bonds is 7. The van der Waals surface area contributed by atoms with Gasteiger partial charge >= 0.3 is 0 Å². The lowest BCUT2D eigenvalue weighted by atomic mass is 9.49. The van der Waals surface area contributed by atoms with Crippen molar-refractivity contribution in [3.8, 4) is 5.75 Å². The fourth-order valence-electron chi connectivity index (χ4n) is 5.93. The molecule has 0 heterocycles. The molecule has 0 unspecified atom stereocenters. The van der Waals surface area contributed by atoms with Crippen LogP contribution in [-0.4, -0.2) is 30.9 Å². The molecule has 162 valence electrons. The van der Waals surface area contributed by atoms with Crippen molar-refractivity contribution in [2.24, 2.45) is 23.2 Å². The maximum atomic E-state index is 12.8. The van der Waals surface area contributed by atoms with Gasteiger partial charge in [0.25, 0.3) is 11.8 Å². The smallest absolute Gasteiger partial charge is 0.276 e. The summed E-state index contributed by atoms with van der Waals surface area (Å²) >= 11 is 0. The van der Waals surface area contributed by atoms with Gasteiger partial charge in [0.1, 0.15) is 5.75 Å². The van der Waals surface area contributed by atoms with Gasteiger partial charge in [-0.25, -0.2) is 0 Å². The molecule has 30 heavy (non-hydrogen) atoms. The Morgan fingerprint density at radius 3 is 2.07 bits per heavy atom. The molecule has 0 aliphatic heterocycles. The van der Waals surface area contributed by atoms with Crippen LogP contribution in [0.4, 0.5) is 0 Å². The molecule has 0 spiro atoms. The SMILES string of the molecule is CCc1ccc(OCC(=O)NNC(=O)CNC(=O)C23CC4CC(CC(C4)C2)C3)cc1. The summed E-state index contributed by atoms with van der Waals surface area (Å²) in [5.74, 6) is 1.71. The summed E-state index contributed by atoms with van der Waals surface area (Å²) in [5, 5.41) is 2.80. The molecule has 5 rings (SSSR count). The summed E-state index contributed by atoms with van der Waals surface area (Å²) in [7, 11) is 0. The van der Waals surface area contributed by atoms with E-state index in [1.165, 1.54) is 24.8 Å².